The molecule has 0 aromatic carbocycles. The van der Waals surface area contributed by atoms with Crippen LogP contribution >= 0.6 is 15.9 Å². The molecule has 0 heterocycles. The van der Waals surface area contributed by atoms with Crippen LogP contribution in [0, 0.1) is 0 Å². The number of carbonyl (C=O) groups is 2. The van der Waals surface area contributed by atoms with Crippen molar-refractivity contribution < 1.29 is 19.1 Å². The standard InChI is InChI=1S/C13H21BrO4/c1-3-12(15)17-10-11(2)18-13(16)8-6-4-5-7-9-14/h3,11H,1,4-10H2,2H3. The van der Waals surface area contributed by atoms with E-state index in [9.17, 15) is 9.59 Å². The van der Waals surface area contributed by atoms with Gasteiger partial charge in [0.1, 0.15) is 12.7 Å². The van der Waals surface area contributed by atoms with Crippen LogP contribution in [0.15, 0.2) is 12.7 Å². The molecule has 0 rings (SSSR count). The highest BCUT2D eigenvalue weighted by Gasteiger charge is 2.10. The third-order valence-electron chi connectivity index (χ3n) is 2.22. The SMILES string of the molecule is C=CC(=O)OCC(C)OC(=O)CCCCCCBr. The first-order chi connectivity index (χ1) is 8.60. The Morgan fingerprint density at radius 1 is 1.28 bits per heavy atom. The van der Waals surface area contributed by atoms with Crippen LogP contribution in [0.3, 0.4) is 0 Å². The van der Waals surface area contributed by atoms with Crippen LogP contribution in [0.1, 0.15) is 39.0 Å². The summed E-state index contributed by atoms with van der Waals surface area (Å²) < 4.78 is 9.86. The molecular formula is C13H21BrO4. The van der Waals surface area contributed by atoms with Crippen molar-refractivity contribution in [2.75, 3.05) is 11.9 Å². The van der Waals surface area contributed by atoms with Gasteiger partial charge >= 0.3 is 11.9 Å². The van der Waals surface area contributed by atoms with Gasteiger partial charge in [-0.3, -0.25) is 4.79 Å². The maximum absolute atomic E-state index is 11.4. The molecule has 0 N–H and O–H groups in total. The fourth-order valence-electron chi connectivity index (χ4n) is 1.29. The van der Waals surface area contributed by atoms with Crippen LogP contribution in [0.25, 0.3) is 0 Å². The number of rotatable bonds is 10. The summed E-state index contributed by atoms with van der Waals surface area (Å²) in [7, 11) is 0. The molecule has 0 fully saturated rings. The summed E-state index contributed by atoms with van der Waals surface area (Å²) in [5, 5.41) is 1.00. The molecule has 0 spiro atoms. The van der Waals surface area contributed by atoms with Crippen molar-refractivity contribution in [2.45, 2.75) is 45.1 Å². The van der Waals surface area contributed by atoms with Crippen LogP contribution in [0.4, 0.5) is 0 Å². The molecule has 0 aliphatic heterocycles. The first kappa shape index (κ1) is 17.2. The minimum Gasteiger partial charge on any atom is -0.459 e. The molecule has 0 saturated carbocycles. The maximum Gasteiger partial charge on any atom is 0.330 e. The van der Waals surface area contributed by atoms with Crippen molar-refractivity contribution in [2.24, 2.45) is 0 Å². The van der Waals surface area contributed by atoms with E-state index in [1.165, 1.54) is 0 Å². The van der Waals surface area contributed by atoms with E-state index in [2.05, 4.69) is 22.5 Å². The second kappa shape index (κ2) is 11.3. The summed E-state index contributed by atoms with van der Waals surface area (Å²) in [6.45, 7) is 5.04. The van der Waals surface area contributed by atoms with E-state index in [-0.39, 0.29) is 12.6 Å². The van der Waals surface area contributed by atoms with E-state index >= 15 is 0 Å². The molecule has 0 aliphatic rings. The summed E-state index contributed by atoms with van der Waals surface area (Å²) in [6, 6.07) is 0. The molecule has 1 atom stereocenters. The number of unbranched alkanes of at least 4 members (excludes halogenated alkanes) is 3. The predicted octanol–water partition coefficient (Wildman–Crippen LogP) is 2.99. The molecule has 18 heavy (non-hydrogen) atoms. The summed E-state index contributed by atoms with van der Waals surface area (Å²) in [6.07, 6.45) is 5.20. The van der Waals surface area contributed by atoms with Crippen molar-refractivity contribution in [1.29, 1.82) is 0 Å². The third kappa shape index (κ3) is 10.3. The number of hydrogen-bond donors (Lipinski definition) is 0. The van der Waals surface area contributed by atoms with Gasteiger partial charge < -0.3 is 9.47 Å². The highest BCUT2D eigenvalue weighted by molar-refractivity contribution is 9.09. The van der Waals surface area contributed by atoms with Gasteiger partial charge in [0.25, 0.3) is 0 Å². The van der Waals surface area contributed by atoms with Crippen molar-refractivity contribution in [3.8, 4) is 0 Å². The van der Waals surface area contributed by atoms with Gasteiger partial charge in [-0.1, -0.05) is 35.4 Å². The van der Waals surface area contributed by atoms with Gasteiger partial charge in [-0.15, -0.1) is 0 Å². The van der Waals surface area contributed by atoms with E-state index in [4.69, 9.17) is 9.47 Å². The van der Waals surface area contributed by atoms with Crippen molar-refractivity contribution >= 4 is 27.9 Å². The first-order valence-electron chi connectivity index (χ1n) is 6.14. The number of ether oxygens (including phenoxy) is 2. The highest BCUT2D eigenvalue weighted by Crippen LogP contribution is 2.06. The third-order valence-corrected chi connectivity index (χ3v) is 2.78. The Morgan fingerprint density at radius 2 is 1.94 bits per heavy atom. The van der Waals surface area contributed by atoms with Crippen molar-refractivity contribution in [1.82, 2.24) is 0 Å². The Kier molecular flexibility index (Phi) is 10.7. The molecule has 0 saturated heterocycles. The molecule has 5 heteroatoms. The Balaban J connectivity index is 3.54. The average molecular weight is 321 g/mol. The lowest BCUT2D eigenvalue weighted by Gasteiger charge is -2.12. The number of halogens is 1. The van der Waals surface area contributed by atoms with Gasteiger partial charge in [0, 0.05) is 17.8 Å². The Bertz CT molecular complexity index is 266. The van der Waals surface area contributed by atoms with Crippen LogP contribution in [-0.4, -0.2) is 30.0 Å². The Labute approximate surface area is 117 Å². The molecule has 1 unspecified atom stereocenters. The zero-order chi connectivity index (χ0) is 13.8. The maximum atomic E-state index is 11.4. The van der Waals surface area contributed by atoms with Gasteiger partial charge in [-0.05, 0) is 19.8 Å². The van der Waals surface area contributed by atoms with Gasteiger partial charge in [-0.25, -0.2) is 4.79 Å². The van der Waals surface area contributed by atoms with Crippen LogP contribution in [0.2, 0.25) is 0 Å². The average Bonchev–Trinajstić information content (AvgIpc) is 2.35. The second-order valence-corrected chi connectivity index (χ2v) is 4.78. The van der Waals surface area contributed by atoms with Gasteiger partial charge in [0.15, 0.2) is 0 Å². The van der Waals surface area contributed by atoms with Gasteiger partial charge in [0.2, 0.25) is 0 Å². The van der Waals surface area contributed by atoms with E-state index in [0.717, 1.165) is 37.1 Å². The van der Waals surface area contributed by atoms with Crippen LogP contribution in [0.5, 0.6) is 0 Å². The zero-order valence-corrected chi connectivity index (χ0v) is 12.4. The topological polar surface area (TPSA) is 52.6 Å². The van der Waals surface area contributed by atoms with Crippen LogP contribution < -0.4 is 0 Å². The van der Waals surface area contributed by atoms with Gasteiger partial charge in [-0.2, -0.15) is 0 Å². The number of esters is 2. The molecular weight excluding hydrogens is 300 g/mol. The summed E-state index contributed by atoms with van der Waals surface area (Å²) >= 11 is 3.36. The van der Waals surface area contributed by atoms with E-state index in [0.29, 0.717) is 6.42 Å². The normalized spacial score (nSPS) is 11.7. The summed E-state index contributed by atoms with van der Waals surface area (Å²) in [5.41, 5.74) is 0. The fraction of sp³-hybridized carbons (Fsp3) is 0.692. The van der Waals surface area contributed by atoms with Crippen molar-refractivity contribution in [3.05, 3.63) is 12.7 Å². The molecule has 104 valence electrons. The number of carbonyl (C=O) groups excluding carboxylic acids is 2. The molecule has 0 aromatic rings. The summed E-state index contributed by atoms with van der Waals surface area (Å²) in [4.78, 5) is 22.2. The molecule has 0 aromatic heterocycles. The molecule has 0 aliphatic carbocycles. The zero-order valence-electron chi connectivity index (χ0n) is 10.8. The largest absolute Gasteiger partial charge is 0.459 e. The Hall–Kier alpha value is -0.840. The number of alkyl halides is 1. The van der Waals surface area contributed by atoms with Crippen LogP contribution in [-0.2, 0) is 19.1 Å². The minimum atomic E-state index is -0.507. The highest BCUT2D eigenvalue weighted by atomic mass is 79.9. The van der Waals surface area contributed by atoms with Gasteiger partial charge in [0.05, 0.1) is 0 Å². The van der Waals surface area contributed by atoms with E-state index < -0.39 is 12.1 Å². The molecule has 0 bridgehead atoms. The van der Waals surface area contributed by atoms with E-state index in [1.54, 1.807) is 6.92 Å². The number of hydrogen-bond acceptors (Lipinski definition) is 4. The summed E-state index contributed by atoms with van der Waals surface area (Å²) in [5.74, 6) is -0.747. The first-order valence-corrected chi connectivity index (χ1v) is 7.27. The molecule has 0 amide bonds. The lowest BCUT2D eigenvalue weighted by molar-refractivity contribution is -0.155. The monoisotopic (exact) mass is 320 g/mol. The Morgan fingerprint density at radius 3 is 2.56 bits per heavy atom. The predicted molar refractivity (Wildman–Crippen MR) is 73.6 cm³/mol. The second-order valence-electron chi connectivity index (χ2n) is 3.99. The lowest BCUT2D eigenvalue weighted by atomic mass is 10.1. The fourth-order valence-corrected chi connectivity index (χ4v) is 1.69. The molecule has 4 nitrogen and oxygen atoms in total. The smallest absolute Gasteiger partial charge is 0.330 e. The van der Waals surface area contributed by atoms with E-state index in [1.807, 2.05) is 0 Å². The lowest BCUT2D eigenvalue weighted by Crippen LogP contribution is -2.21. The van der Waals surface area contributed by atoms with Crippen molar-refractivity contribution in [3.63, 3.8) is 0 Å². The molecule has 0 radical (unpaired) electrons. The minimum absolute atomic E-state index is 0.0696. The quantitative estimate of drug-likeness (QED) is 0.269.